The van der Waals surface area contributed by atoms with Crippen molar-refractivity contribution in [3.8, 4) is 10.6 Å². The molecule has 0 N–H and O–H groups in total. The summed E-state index contributed by atoms with van der Waals surface area (Å²) in [6.45, 7) is 3.73. The van der Waals surface area contributed by atoms with Crippen molar-refractivity contribution in [3.05, 3.63) is 54.1 Å². The fourth-order valence-electron chi connectivity index (χ4n) is 1.29. The van der Waals surface area contributed by atoms with Crippen LogP contribution in [0.3, 0.4) is 0 Å². The van der Waals surface area contributed by atoms with E-state index >= 15 is 0 Å². The van der Waals surface area contributed by atoms with E-state index in [2.05, 4.69) is 23.0 Å². The van der Waals surface area contributed by atoms with Gasteiger partial charge in [0, 0.05) is 6.20 Å². The van der Waals surface area contributed by atoms with Crippen LogP contribution < -0.4 is 0 Å². The number of thiophene rings is 1. The summed E-state index contributed by atoms with van der Waals surface area (Å²) >= 11 is 1.73. The first kappa shape index (κ1) is 9.16. The molecule has 0 bridgehead atoms. The van der Waals surface area contributed by atoms with Gasteiger partial charge in [-0.05, 0) is 35.6 Å². The maximum Gasteiger partial charge on any atom is 0.0801 e. The highest BCUT2D eigenvalue weighted by atomic mass is 32.1. The van der Waals surface area contributed by atoms with E-state index in [1.807, 2.05) is 30.5 Å². The number of nitrogens with zero attached hydrogens (tertiary/aromatic N) is 1. The standard InChI is InChI=1S/C12H11NS/c1-2-5-10-8-12(14-9-10)11-6-3-4-7-13-11/h2-4,6-9H,1,5H2. The zero-order valence-corrected chi connectivity index (χ0v) is 8.63. The third kappa shape index (κ3) is 1.91. The zero-order chi connectivity index (χ0) is 9.80. The van der Waals surface area contributed by atoms with Crippen LogP contribution in [0.25, 0.3) is 10.6 Å². The van der Waals surface area contributed by atoms with Crippen molar-refractivity contribution in [2.24, 2.45) is 0 Å². The molecule has 0 fully saturated rings. The Morgan fingerprint density at radius 1 is 1.43 bits per heavy atom. The van der Waals surface area contributed by atoms with Crippen LogP contribution >= 0.6 is 11.3 Å². The first-order valence-electron chi connectivity index (χ1n) is 4.50. The minimum atomic E-state index is 0.934. The summed E-state index contributed by atoms with van der Waals surface area (Å²) in [5, 5.41) is 2.16. The number of rotatable bonds is 3. The van der Waals surface area contributed by atoms with Crippen molar-refractivity contribution in [2.75, 3.05) is 0 Å². The van der Waals surface area contributed by atoms with E-state index in [1.165, 1.54) is 10.4 Å². The zero-order valence-electron chi connectivity index (χ0n) is 7.81. The molecule has 0 atom stereocenters. The van der Waals surface area contributed by atoms with E-state index in [0.717, 1.165) is 12.1 Å². The summed E-state index contributed by atoms with van der Waals surface area (Å²) in [6.07, 6.45) is 4.68. The Balaban J connectivity index is 2.29. The van der Waals surface area contributed by atoms with Crippen LogP contribution in [0.1, 0.15) is 5.56 Å². The van der Waals surface area contributed by atoms with Crippen LogP contribution in [0, 0.1) is 0 Å². The van der Waals surface area contributed by atoms with Crippen LogP contribution in [-0.2, 0) is 6.42 Å². The van der Waals surface area contributed by atoms with Gasteiger partial charge in [0.15, 0.2) is 0 Å². The maximum atomic E-state index is 4.31. The Bertz CT molecular complexity index is 417. The lowest BCUT2D eigenvalue weighted by atomic mass is 10.2. The Kier molecular flexibility index (Phi) is 2.75. The molecule has 2 aromatic heterocycles. The Morgan fingerprint density at radius 3 is 3.07 bits per heavy atom. The van der Waals surface area contributed by atoms with Gasteiger partial charge in [0.25, 0.3) is 0 Å². The molecule has 1 nitrogen and oxygen atoms in total. The first-order chi connectivity index (χ1) is 6.90. The second kappa shape index (κ2) is 4.20. The number of aromatic nitrogens is 1. The molecule has 0 unspecified atom stereocenters. The molecule has 0 saturated carbocycles. The predicted molar refractivity (Wildman–Crippen MR) is 61.5 cm³/mol. The van der Waals surface area contributed by atoms with Gasteiger partial charge in [-0.25, -0.2) is 0 Å². The minimum absolute atomic E-state index is 0.934. The normalized spacial score (nSPS) is 10.0. The van der Waals surface area contributed by atoms with E-state index in [1.54, 1.807) is 11.3 Å². The molecule has 0 amide bonds. The number of hydrogen-bond acceptors (Lipinski definition) is 2. The average Bonchev–Trinajstić information content (AvgIpc) is 2.68. The highest BCUT2D eigenvalue weighted by Gasteiger charge is 2.01. The van der Waals surface area contributed by atoms with Gasteiger partial charge >= 0.3 is 0 Å². The lowest BCUT2D eigenvalue weighted by Gasteiger charge is -1.93. The summed E-state index contributed by atoms with van der Waals surface area (Å²) in [5.74, 6) is 0. The number of hydrogen-bond donors (Lipinski definition) is 0. The highest BCUT2D eigenvalue weighted by Crippen LogP contribution is 2.25. The molecule has 2 heteroatoms. The van der Waals surface area contributed by atoms with Crippen molar-refractivity contribution in [1.82, 2.24) is 4.98 Å². The monoisotopic (exact) mass is 201 g/mol. The molecule has 2 rings (SSSR count). The summed E-state index contributed by atoms with van der Waals surface area (Å²) < 4.78 is 0. The van der Waals surface area contributed by atoms with Crippen LogP contribution in [0.2, 0.25) is 0 Å². The maximum absolute atomic E-state index is 4.31. The molecule has 0 saturated heterocycles. The quantitative estimate of drug-likeness (QED) is 0.692. The van der Waals surface area contributed by atoms with Gasteiger partial charge in [-0.1, -0.05) is 12.1 Å². The van der Waals surface area contributed by atoms with Gasteiger partial charge in [-0.3, -0.25) is 4.98 Å². The lowest BCUT2D eigenvalue weighted by molar-refractivity contribution is 1.30. The highest BCUT2D eigenvalue weighted by molar-refractivity contribution is 7.13. The molecule has 0 aliphatic carbocycles. The molecule has 2 heterocycles. The van der Waals surface area contributed by atoms with Gasteiger partial charge < -0.3 is 0 Å². The van der Waals surface area contributed by atoms with Crippen molar-refractivity contribution in [2.45, 2.75) is 6.42 Å². The van der Waals surface area contributed by atoms with Gasteiger partial charge in [0.2, 0.25) is 0 Å². The van der Waals surface area contributed by atoms with Crippen molar-refractivity contribution in [1.29, 1.82) is 0 Å². The summed E-state index contributed by atoms with van der Waals surface area (Å²) in [5.41, 5.74) is 2.36. The average molecular weight is 201 g/mol. The van der Waals surface area contributed by atoms with E-state index in [0.29, 0.717) is 0 Å². The fraction of sp³-hybridized carbons (Fsp3) is 0.0833. The predicted octanol–water partition coefficient (Wildman–Crippen LogP) is 3.54. The SMILES string of the molecule is C=CCc1csc(-c2ccccn2)c1. The summed E-state index contributed by atoms with van der Waals surface area (Å²) in [6, 6.07) is 8.15. The second-order valence-electron chi connectivity index (χ2n) is 3.03. The van der Waals surface area contributed by atoms with E-state index in [4.69, 9.17) is 0 Å². The van der Waals surface area contributed by atoms with E-state index < -0.39 is 0 Å². The summed E-state index contributed by atoms with van der Waals surface area (Å²) in [7, 11) is 0. The molecule has 0 spiro atoms. The third-order valence-corrected chi connectivity index (χ3v) is 2.95. The largest absolute Gasteiger partial charge is 0.255 e. The fourth-order valence-corrected chi connectivity index (χ4v) is 2.20. The molecule has 0 radical (unpaired) electrons. The molecule has 14 heavy (non-hydrogen) atoms. The lowest BCUT2D eigenvalue weighted by Crippen LogP contribution is -1.77. The first-order valence-corrected chi connectivity index (χ1v) is 5.38. The van der Waals surface area contributed by atoms with Crippen LogP contribution in [0.5, 0.6) is 0 Å². The summed E-state index contributed by atoms with van der Waals surface area (Å²) in [4.78, 5) is 5.53. The van der Waals surface area contributed by atoms with Gasteiger partial charge in [0.05, 0.1) is 10.6 Å². The smallest absolute Gasteiger partial charge is 0.0801 e. The van der Waals surface area contributed by atoms with Crippen molar-refractivity contribution >= 4 is 11.3 Å². The van der Waals surface area contributed by atoms with E-state index in [-0.39, 0.29) is 0 Å². The molecule has 0 aliphatic heterocycles. The minimum Gasteiger partial charge on any atom is -0.255 e. The number of allylic oxidation sites excluding steroid dienone is 1. The van der Waals surface area contributed by atoms with Crippen LogP contribution in [-0.4, -0.2) is 4.98 Å². The van der Waals surface area contributed by atoms with Crippen molar-refractivity contribution in [3.63, 3.8) is 0 Å². The molecule has 2 aromatic rings. The Labute approximate surface area is 87.8 Å². The Hall–Kier alpha value is -1.41. The molecular formula is C12H11NS. The molecular weight excluding hydrogens is 190 g/mol. The topological polar surface area (TPSA) is 12.9 Å². The van der Waals surface area contributed by atoms with Gasteiger partial charge in [-0.2, -0.15) is 0 Å². The molecule has 70 valence electrons. The van der Waals surface area contributed by atoms with Gasteiger partial charge in [-0.15, -0.1) is 17.9 Å². The van der Waals surface area contributed by atoms with Crippen LogP contribution in [0.4, 0.5) is 0 Å². The Morgan fingerprint density at radius 2 is 2.36 bits per heavy atom. The molecule has 0 aromatic carbocycles. The third-order valence-electron chi connectivity index (χ3n) is 1.95. The molecule has 0 aliphatic rings. The second-order valence-corrected chi connectivity index (χ2v) is 3.94. The van der Waals surface area contributed by atoms with Gasteiger partial charge in [0.1, 0.15) is 0 Å². The van der Waals surface area contributed by atoms with Crippen LogP contribution in [0.15, 0.2) is 48.5 Å². The van der Waals surface area contributed by atoms with E-state index in [9.17, 15) is 0 Å². The number of pyridine rings is 1. The van der Waals surface area contributed by atoms with Crippen molar-refractivity contribution < 1.29 is 0 Å².